The maximum absolute atomic E-state index is 10.7. The fraction of sp³-hybridized carbons (Fsp3) is 0.333. The Bertz CT molecular complexity index is 633. The van der Waals surface area contributed by atoms with Crippen molar-refractivity contribution in [2.24, 2.45) is 0 Å². The summed E-state index contributed by atoms with van der Waals surface area (Å²) in [4.78, 5) is 10.7. The van der Waals surface area contributed by atoms with Crippen LogP contribution < -0.4 is 4.74 Å². The third-order valence-electron chi connectivity index (χ3n) is 3.47. The lowest BCUT2D eigenvalue weighted by atomic mass is 10.1. The van der Waals surface area contributed by atoms with E-state index < -0.39 is 5.97 Å². The van der Waals surface area contributed by atoms with E-state index in [1.807, 2.05) is 6.07 Å². The van der Waals surface area contributed by atoms with E-state index in [-0.39, 0.29) is 5.69 Å². The molecule has 0 bridgehead atoms. The van der Waals surface area contributed by atoms with Crippen LogP contribution in [0.4, 0.5) is 0 Å². The molecular weight excluding hydrogens is 258 g/mol. The lowest BCUT2D eigenvalue weighted by molar-refractivity contribution is 0.0685. The van der Waals surface area contributed by atoms with Crippen molar-refractivity contribution < 1.29 is 19.2 Å². The van der Waals surface area contributed by atoms with Crippen LogP contribution in [0.1, 0.15) is 33.8 Å². The maximum Gasteiger partial charge on any atom is 0.358 e. The predicted molar refractivity (Wildman–Crippen MR) is 71.1 cm³/mol. The van der Waals surface area contributed by atoms with Crippen LogP contribution in [0.3, 0.4) is 0 Å². The van der Waals surface area contributed by atoms with E-state index in [2.05, 4.69) is 17.3 Å². The molecule has 0 saturated carbocycles. The van der Waals surface area contributed by atoms with E-state index in [9.17, 15) is 4.79 Å². The number of aromatic nitrogens is 1. The van der Waals surface area contributed by atoms with Crippen molar-refractivity contribution in [1.29, 1.82) is 0 Å². The molecule has 2 aromatic rings. The summed E-state index contributed by atoms with van der Waals surface area (Å²) >= 11 is 0. The van der Waals surface area contributed by atoms with Crippen LogP contribution in [0.15, 0.2) is 28.8 Å². The highest BCUT2D eigenvalue weighted by Gasteiger charge is 2.12. The van der Waals surface area contributed by atoms with Crippen LogP contribution in [0.25, 0.3) is 0 Å². The number of benzene rings is 1. The summed E-state index contributed by atoms with van der Waals surface area (Å²) < 4.78 is 10.6. The van der Waals surface area contributed by atoms with Gasteiger partial charge in [0.05, 0.1) is 6.61 Å². The topological polar surface area (TPSA) is 72.6 Å². The Labute approximate surface area is 116 Å². The van der Waals surface area contributed by atoms with Crippen LogP contribution in [0.5, 0.6) is 5.75 Å². The quantitative estimate of drug-likeness (QED) is 0.906. The van der Waals surface area contributed by atoms with Gasteiger partial charge in [-0.2, -0.15) is 0 Å². The minimum atomic E-state index is -1.08. The summed E-state index contributed by atoms with van der Waals surface area (Å²) in [5.74, 6) is 0.284. The van der Waals surface area contributed by atoms with E-state index in [1.165, 1.54) is 23.6 Å². The number of hydrogen-bond donors (Lipinski definition) is 1. The van der Waals surface area contributed by atoms with Crippen molar-refractivity contribution in [1.82, 2.24) is 5.16 Å². The van der Waals surface area contributed by atoms with E-state index in [0.29, 0.717) is 18.8 Å². The first-order valence-electron chi connectivity index (χ1n) is 6.66. The van der Waals surface area contributed by atoms with Gasteiger partial charge < -0.3 is 14.4 Å². The number of hydrogen-bond acceptors (Lipinski definition) is 4. The first kappa shape index (κ1) is 12.7. The number of rotatable bonds is 5. The number of aryl methyl sites for hydroxylation is 2. The van der Waals surface area contributed by atoms with Gasteiger partial charge >= 0.3 is 5.97 Å². The molecule has 0 saturated heterocycles. The van der Waals surface area contributed by atoms with Crippen molar-refractivity contribution >= 4 is 5.97 Å². The maximum atomic E-state index is 10.7. The number of ether oxygens (including phenoxy) is 1. The van der Waals surface area contributed by atoms with Gasteiger partial charge in [-0.1, -0.05) is 11.2 Å². The lowest BCUT2D eigenvalue weighted by Gasteiger charge is -2.06. The van der Waals surface area contributed by atoms with Crippen molar-refractivity contribution in [2.75, 3.05) is 6.61 Å². The number of carboxylic acid groups (broad SMARTS) is 1. The van der Waals surface area contributed by atoms with Crippen LogP contribution >= 0.6 is 0 Å². The van der Waals surface area contributed by atoms with Crippen LogP contribution in [0.2, 0.25) is 0 Å². The zero-order valence-electron chi connectivity index (χ0n) is 11.0. The molecule has 0 atom stereocenters. The van der Waals surface area contributed by atoms with Gasteiger partial charge in [0.2, 0.25) is 0 Å². The molecule has 1 aromatic carbocycles. The number of fused-ring (bicyclic) bond motifs is 1. The van der Waals surface area contributed by atoms with Gasteiger partial charge in [0, 0.05) is 12.5 Å². The Kier molecular flexibility index (Phi) is 3.41. The molecule has 0 unspecified atom stereocenters. The molecular formula is C15H15NO4. The third kappa shape index (κ3) is 2.66. The Hall–Kier alpha value is -2.30. The normalized spacial score (nSPS) is 13.2. The molecule has 5 heteroatoms. The average Bonchev–Trinajstić information content (AvgIpc) is 3.06. The standard InChI is InChI=1S/C15H15NO4/c17-15(18)14-9-13(20-16-14)6-7-19-12-5-4-10-2-1-3-11(10)8-12/h4-5,8-9H,1-3,6-7H2,(H,17,18). The average molecular weight is 273 g/mol. The van der Waals surface area contributed by atoms with Crippen molar-refractivity contribution in [3.8, 4) is 5.75 Å². The summed E-state index contributed by atoms with van der Waals surface area (Å²) in [7, 11) is 0. The van der Waals surface area contributed by atoms with E-state index >= 15 is 0 Å². The third-order valence-corrected chi connectivity index (χ3v) is 3.47. The van der Waals surface area contributed by atoms with Crippen LogP contribution in [-0.4, -0.2) is 22.8 Å². The van der Waals surface area contributed by atoms with Gasteiger partial charge in [-0.3, -0.25) is 0 Å². The first-order valence-corrected chi connectivity index (χ1v) is 6.66. The monoisotopic (exact) mass is 273 g/mol. The summed E-state index contributed by atoms with van der Waals surface area (Å²) in [5.41, 5.74) is 2.71. The molecule has 0 aliphatic heterocycles. The fourth-order valence-electron chi connectivity index (χ4n) is 2.44. The molecule has 1 aliphatic carbocycles. The van der Waals surface area contributed by atoms with E-state index in [1.54, 1.807) is 0 Å². The minimum absolute atomic E-state index is 0.0717. The lowest BCUT2D eigenvalue weighted by Crippen LogP contribution is -2.01. The summed E-state index contributed by atoms with van der Waals surface area (Å²) in [5, 5.41) is 12.2. The zero-order chi connectivity index (χ0) is 13.9. The van der Waals surface area contributed by atoms with Gasteiger partial charge in [-0.25, -0.2) is 4.79 Å². The Balaban J connectivity index is 1.55. The molecule has 20 heavy (non-hydrogen) atoms. The molecule has 0 spiro atoms. The van der Waals surface area contributed by atoms with Crippen LogP contribution in [-0.2, 0) is 19.3 Å². The smallest absolute Gasteiger partial charge is 0.358 e. The number of carboxylic acids is 1. The van der Waals surface area contributed by atoms with Crippen molar-refractivity contribution in [3.63, 3.8) is 0 Å². The summed E-state index contributed by atoms with van der Waals surface area (Å²) in [6, 6.07) is 7.61. The second-order valence-electron chi connectivity index (χ2n) is 4.87. The molecule has 1 N–H and O–H groups in total. The molecule has 0 amide bonds. The Morgan fingerprint density at radius 3 is 2.95 bits per heavy atom. The molecule has 0 radical (unpaired) electrons. The van der Waals surface area contributed by atoms with Gasteiger partial charge in [0.1, 0.15) is 11.5 Å². The Morgan fingerprint density at radius 2 is 2.15 bits per heavy atom. The highest BCUT2D eigenvalue weighted by atomic mass is 16.5. The molecule has 3 rings (SSSR count). The van der Waals surface area contributed by atoms with Gasteiger partial charge in [0.15, 0.2) is 5.69 Å². The number of nitrogens with zero attached hydrogens (tertiary/aromatic N) is 1. The van der Waals surface area contributed by atoms with E-state index in [4.69, 9.17) is 14.4 Å². The molecule has 104 valence electrons. The Morgan fingerprint density at radius 1 is 1.30 bits per heavy atom. The summed E-state index contributed by atoms with van der Waals surface area (Å²) in [6.45, 7) is 0.438. The molecule has 1 aromatic heterocycles. The highest BCUT2D eigenvalue weighted by Crippen LogP contribution is 2.26. The van der Waals surface area contributed by atoms with Crippen LogP contribution in [0, 0.1) is 0 Å². The molecule has 1 aliphatic rings. The SMILES string of the molecule is O=C(O)c1cc(CCOc2ccc3c(c2)CCC3)on1. The second kappa shape index (κ2) is 5.36. The summed E-state index contributed by atoms with van der Waals surface area (Å²) in [6.07, 6.45) is 3.99. The largest absolute Gasteiger partial charge is 0.493 e. The molecule has 1 heterocycles. The minimum Gasteiger partial charge on any atom is -0.493 e. The number of aromatic carboxylic acids is 1. The van der Waals surface area contributed by atoms with Gasteiger partial charge in [-0.05, 0) is 42.5 Å². The highest BCUT2D eigenvalue weighted by molar-refractivity contribution is 5.85. The second-order valence-corrected chi connectivity index (χ2v) is 4.87. The zero-order valence-corrected chi connectivity index (χ0v) is 11.0. The van der Waals surface area contributed by atoms with Gasteiger partial charge in [-0.15, -0.1) is 0 Å². The molecule has 0 fully saturated rings. The van der Waals surface area contributed by atoms with Crippen molar-refractivity contribution in [2.45, 2.75) is 25.7 Å². The van der Waals surface area contributed by atoms with E-state index in [0.717, 1.165) is 18.6 Å². The van der Waals surface area contributed by atoms with Gasteiger partial charge in [0.25, 0.3) is 0 Å². The first-order chi connectivity index (χ1) is 9.72. The number of carbonyl (C=O) groups is 1. The van der Waals surface area contributed by atoms with Crippen molar-refractivity contribution in [3.05, 3.63) is 46.8 Å². The predicted octanol–water partition coefficient (Wildman–Crippen LogP) is 2.48. The fourth-order valence-corrected chi connectivity index (χ4v) is 2.44. The molecule has 5 nitrogen and oxygen atoms in total.